The van der Waals surface area contributed by atoms with E-state index in [-0.39, 0.29) is 5.91 Å². The summed E-state index contributed by atoms with van der Waals surface area (Å²) in [6.07, 6.45) is 3.39. The summed E-state index contributed by atoms with van der Waals surface area (Å²) < 4.78 is 3.04. The highest BCUT2D eigenvalue weighted by molar-refractivity contribution is 9.11. The summed E-state index contributed by atoms with van der Waals surface area (Å²) in [6.45, 7) is 5.23. The van der Waals surface area contributed by atoms with E-state index in [2.05, 4.69) is 38.5 Å². The van der Waals surface area contributed by atoms with Crippen molar-refractivity contribution in [1.29, 1.82) is 0 Å². The number of hydrogen-bond acceptors (Lipinski definition) is 3. The molecule has 0 fully saturated rings. The van der Waals surface area contributed by atoms with Crippen molar-refractivity contribution in [2.75, 3.05) is 0 Å². The molecule has 134 valence electrons. The molecule has 4 nitrogen and oxygen atoms in total. The quantitative estimate of drug-likeness (QED) is 0.577. The SMILES string of the molecule is Cc1nn(Cc2ccccc2)c(C)c1CNC(=O)/C=C/c1ccc(Br)s1. The summed E-state index contributed by atoms with van der Waals surface area (Å²) in [7, 11) is 0. The molecule has 0 radical (unpaired) electrons. The molecule has 2 heterocycles. The predicted molar refractivity (Wildman–Crippen MR) is 110 cm³/mol. The monoisotopic (exact) mass is 429 g/mol. The second-order valence-corrected chi connectivity index (χ2v) is 8.48. The van der Waals surface area contributed by atoms with Gasteiger partial charge in [-0.2, -0.15) is 5.10 Å². The van der Waals surface area contributed by atoms with Crippen molar-refractivity contribution < 1.29 is 4.79 Å². The van der Waals surface area contributed by atoms with Gasteiger partial charge in [0.2, 0.25) is 5.91 Å². The van der Waals surface area contributed by atoms with Gasteiger partial charge in [-0.3, -0.25) is 9.48 Å². The fourth-order valence-corrected chi connectivity index (χ4v) is 4.04. The van der Waals surface area contributed by atoms with E-state index < -0.39 is 0 Å². The van der Waals surface area contributed by atoms with Gasteiger partial charge in [0, 0.05) is 28.8 Å². The molecule has 0 aliphatic carbocycles. The van der Waals surface area contributed by atoms with Gasteiger partial charge in [-0.15, -0.1) is 11.3 Å². The second-order valence-electron chi connectivity index (χ2n) is 5.99. The number of aromatic nitrogens is 2. The molecule has 0 saturated carbocycles. The lowest BCUT2D eigenvalue weighted by Crippen LogP contribution is -2.21. The van der Waals surface area contributed by atoms with Gasteiger partial charge in [0.1, 0.15) is 0 Å². The Morgan fingerprint density at radius 3 is 2.69 bits per heavy atom. The molecule has 6 heteroatoms. The van der Waals surface area contributed by atoms with Crippen molar-refractivity contribution >= 4 is 39.2 Å². The van der Waals surface area contributed by atoms with Crippen LogP contribution >= 0.6 is 27.3 Å². The highest BCUT2D eigenvalue weighted by Gasteiger charge is 2.12. The molecule has 3 rings (SSSR count). The Labute approximate surface area is 165 Å². The molecule has 0 aliphatic rings. The first-order valence-electron chi connectivity index (χ1n) is 8.31. The predicted octanol–water partition coefficient (Wildman–Crippen LogP) is 4.70. The molecular formula is C20H20BrN3OS. The third-order valence-electron chi connectivity index (χ3n) is 4.14. The van der Waals surface area contributed by atoms with Gasteiger partial charge < -0.3 is 5.32 Å². The first-order chi connectivity index (χ1) is 12.5. The minimum absolute atomic E-state index is 0.107. The summed E-state index contributed by atoms with van der Waals surface area (Å²) in [6, 6.07) is 14.2. The van der Waals surface area contributed by atoms with Crippen LogP contribution in [0.1, 0.15) is 27.4 Å². The summed E-state index contributed by atoms with van der Waals surface area (Å²) in [5.74, 6) is -0.107. The van der Waals surface area contributed by atoms with E-state index in [0.717, 1.165) is 32.2 Å². The van der Waals surface area contributed by atoms with E-state index in [9.17, 15) is 4.79 Å². The summed E-state index contributed by atoms with van der Waals surface area (Å²) in [4.78, 5) is 13.1. The number of thiophene rings is 1. The molecule has 1 aromatic carbocycles. The van der Waals surface area contributed by atoms with Gasteiger partial charge in [0.05, 0.1) is 16.0 Å². The first kappa shape index (κ1) is 18.6. The van der Waals surface area contributed by atoms with Crippen molar-refractivity contribution in [1.82, 2.24) is 15.1 Å². The zero-order valence-electron chi connectivity index (χ0n) is 14.7. The zero-order valence-corrected chi connectivity index (χ0v) is 17.1. The van der Waals surface area contributed by atoms with E-state index in [1.165, 1.54) is 5.56 Å². The summed E-state index contributed by atoms with van der Waals surface area (Å²) in [5, 5.41) is 7.57. The number of nitrogens with one attached hydrogen (secondary N) is 1. The van der Waals surface area contributed by atoms with Crippen LogP contribution in [-0.4, -0.2) is 15.7 Å². The summed E-state index contributed by atoms with van der Waals surface area (Å²) >= 11 is 5.01. The minimum Gasteiger partial charge on any atom is -0.348 e. The Hall–Kier alpha value is -2.18. The molecule has 0 saturated heterocycles. The number of rotatable bonds is 6. The molecule has 0 atom stereocenters. The lowest BCUT2D eigenvalue weighted by Gasteiger charge is -2.06. The van der Waals surface area contributed by atoms with Crippen molar-refractivity contribution in [3.8, 4) is 0 Å². The normalized spacial score (nSPS) is 11.2. The molecule has 0 unspecified atom stereocenters. The Morgan fingerprint density at radius 1 is 1.23 bits per heavy atom. The van der Waals surface area contributed by atoms with Crippen LogP contribution in [0.2, 0.25) is 0 Å². The van der Waals surface area contributed by atoms with Gasteiger partial charge in [0.15, 0.2) is 0 Å². The molecule has 26 heavy (non-hydrogen) atoms. The van der Waals surface area contributed by atoms with E-state index in [4.69, 9.17) is 0 Å². The smallest absolute Gasteiger partial charge is 0.244 e. The molecule has 0 aliphatic heterocycles. The number of carbonyl (C=O) groups is 1. The van der Waals surface area contributed by atoms with Crippen molar-refractivity contribution in [2.45, 2.75) is 26.9 Å². The maximum Gasteiger partial charge on any atom is 0.244 e. The van der Waals surface area contributed by atoms with E-state index in [1.807, 2.05) is 54.9 Å². The fraction of sp³-hybridized carbons (Fsp3) is 0.200. The number of aryl methyl sites for hydroxylation is 1. The fourth-order valence-electron chi connectivity index (χ4n) is 2.71. The van der Waals surface area contributed by atoms with Crippen molar-refractivity contribution in [3.63, 3.8) is 0 Å². The van der Waals surface area contributed by atoms with Crippen LogP contribution in [0.15, 0.2) is 52.3 Å². The largest absolute Gasteiger partial charge is 0.348 e. The van der Waals surface area contributed by atoms with Crippen LogP contribution in [0.4, 0.5) is 0 Å². The maximum absolute atomic E-state index is 12.1. The lowest BCUT2D eigenvalue weighted by molar-refractivity contribution is -0.116. The van der Waals surface area contributed by atoms with Crippen LogP contribution in [0, 0.1) is 13.8 Å². The summed E-state index contributed by atoms with van der Waals surface area (Å²) in [5.41, 5.74) is 4.31. The highest BCUT2D eigenvalue weighted by atomic mass is 79.9. The average molecular weight is 430 g/mol. The number of hydrogen-bond donors (Lipinski definition) is 1. The lowest BCUT2D eigenvalue weighted by atomic mass is 10.2. The maximum atomic E-state index is 12.1. The molecule has 1 N–H and O–H groups in total. The first-order valence-corrected chi connectivity index (χ1v) is 9.92. The molecule has 0 bridgehead atoms. The third-order valence-corrected chi connectivity index (χ3v) is 5.73. The van der Waals surface area contributed by atoms with Crippen molar-refractivity contribution in [3.05, 3.63) is 79.7 Å². The third kappa shape index (κ3) is 4.71. The van der Waals surface area contributed by atoms with Crippen LogP contribution in [0.5, 0.6) is 0 Å². The van der Waals surface area contributed by atoms with Gasteiger partial charge >= 0.3 is 0 Å². The van der Waals surface area contributed by atoms with Crippen LogP contribution in [0.3, 0.4) is 0 Å². The van der Waals surface area contributed by atoms with Gasteiger partial charge in [-0.25, -0.2) is 0 Å². The van der Waals surface area contributed by atoms with Gasteiger partial charge in [-0.1, -0.05) is 30.3 Å². The number of halogens is 1. The standard InChI is InChI=1S/C20H20BrN3OS/c1-14-18(12-22-20(25)11-9-17-8-10-19(21)26-17)15(2)24(23-14)13-16-6-4-3-5-7-16/h3-11H,12-13H2,1-2H3,(H,22,25)/b11-9+. The zero-order chi connectivity index (χ0) is 18.5. The topological polar surface area (TPSA) is 46.9 Å². The van der Waals surface area contributed by atoms with E-state index >= 15 is 0 Å². The number of carbonyl (C=O) groups excluding carboxylic acids is 1. The highest BCUT2D eigenvalue weighted by Crippen LogP contribution is 2.23. The van der Waals surface area contributed by atoms with Crippen LogP contribution < -0.4 is 5.32 Å². The van der Waals surface area contributed by atoms with Crippen LogP contribution in [0.25, 0.3) is 6.08 Å². The Kier molecular flexibility index (Phi) is 6.06. The Morgan fingerprint density at radius 2 is 2.00 bits per heavy atom. The van der Waals surface area contributed by atoms with Crippen LogP contribution in [-0.2, 0) is 17.9 Å². The molecule has 1 amide bonds. The van der Waals surface area contributed by atoms with E-state index in [1.54, 1.807) is 17.4 Å². The minimum atomic E-state index is -0.107. The molecular weight excluding hydrogens is 410 g/mol. The van der Waals surface area contributed by atoms with Crippen molar-refractivity contribution in [2.24, 2.45) is 0 Å². The number of amides is 1. The van der Waals surface area contributed by atoms with Gasteiger partial charge in [-0.05, 0) is 53.5 Å². The molecule has 0 spiro atoms. The molecule has 3 aromatic rings. The van der Waals surface area contributed by atoms with Gasteiger partial charge in [0.25, 0.3) is 0 Å². The second kappa shape index (κ2) is 8.47. The number of benzene rings is 1. The Bertz CT molecular complexity index is 928. The number of nitrogens with zero attached hydrogens (tertiary/aromatic N) is 2. The van der Waals surface area contributed by atoms with E-state index in [0.29, 0.717) is 6.54 Å². The average Bonchev–Trinajstić information content (AvgIpc) is 3.16. The Balaban J connectivity index is 1.62. The molecule has 2 aromatic heterocycles.